The largest absolute Gasteiger partial charge is 0.416 e. The lowest BCUT2D eigenvalue weighted by atomic mass is 10.00. The zero-order chi connectivity index (χ0) is 33.8. The lowest BCUT2D eigenvalue weighted by Crippen LogP contribution is -2.59. The van der Waals surface area contributed by atoms with Crippen molar-refractivity contribution in [2.75, 3.05) is 64.2 Å². The van der Waals surface area contributed by atoms with Gasteiger partial charge in [0.25, 0.3) is 0 Å². The highest BCUT2D eigenvalue weighted by molar-refractivity contribution is 5.92. The number of rotatable bonds is 7. The first-order valence-corrected chi connectivity index (χ1v) is 17.2. The standard InChI is InChI=1S/C35H46F3N7O3/c1-2-41-14-10-28(11-15-41)42-18-20-43(21-19-42)32(46)31(23-25-6-5-8-27(22-25)35(36,37)38)40-33(47)44-16-12-29(13-17-44)45-24-26-7-3-4-9-30(26)39-34(45)48/h3-9,22,28-29,31H,2,10-21,23-24H2,1H3,(H,39,48)(H,40,47). The molecule has 3 saturated heterocycles. The average Bonchev–Trinajstić information content (AvgIpc) is 3.10. The van der Waals surface area contributed by atoms with Crippen LogP contribution in [0.4, 0.5) is 28.4 Å². The number of fused-ring (bicyclic) bond motifs is 1. The van der Waals surface area contributed by atoms with Crippen LogP contribution in [-0.2, 0) is 23.9 Å². The number of anilines is 1. The maximum Gasteiger partial charge on any atom is 0.416 e. The minimum atomic E-state index is -4.51. The molecule has 13 heteroatoms. The molecule has 3 fully saturated rings. The molecule has 5 amide bonds. The Labute approximate surface area is 280 Å². The molecule has 0 spiro atoms. The van der Waals surface area contributed by atoms with Crippen molar-refractivity contribution in [3.05, 3.63) is 65.2 Å². The summed E-state index contributed by atoms with van der Waals surface area (Å²) in [4.78, 5) is 50.5. The molecule has 4 heterocycles. The van der Waals surface area contributed by atoms with Crippen LogP contribution in [-0.4, -0.2) is 119 Å². The van der Waals surface area contributed by atoms with Gasteiger partial charge in [-0.15, -0.1) is 0 Å². The van der Waals surface area contributed by atoms with Gasteiger partial charge in [-0.1, -0.05) is 43.3 Å². The molecule has 0 aromatic heterocycles. The highest BCUT2D eigenvalue weighted by Crippen LogP contribution is 2.30. The molecule has 0 saturated carbocycles. The molecule has 260 valence electrons. The number of benzene rings is 2. The van der Waals surface area contributed by atoms with E-state index in [9.17, 15) is 27.6 Å². The Morgan fingerprint density at radius 2 is 1.56 bits per heavy atom. The van der Waals surface area contributed by atoms with Crippen LogP contribution in [0, 0.1) is 0 Å². The predicted octanol–water partition coefficient (Wildman–Crippen LogP) is 4.47. The number of piperidine rings is 2. The van der Waals surface area contributed by atoms with E-state index in [0.29, 0.717) is 57.2 Å². The molecule has 2 aromatic carbocycles. The van der Waals surface area contributed by atoms with Gasteiger partial charge in [0.05, 0.1) is 5.56 Å². The molecule has 2 N–H and O–H groups in total. The molecule has 4 aliphatic rings. The molecule has 0 aliphatic carbocycles. The van der Waals surface area contributed by atoms with E-state index in [2.05, 4.69) is 27.4 Å². The van der Waals surface area contributed by atoms with Crippen LogP contribution in [0.3, 0.4) is 0 Å². The molecule has 1 atom stereocenters. The summed E-state index contributed by atoms with van der Waals surface area (Å²) >= 11 is 0. The van der Waals surface area contributed by atoms with Gasteiger partial charge in [-0.2, -0.15) is 13.2 Å². The Bertz CT molecular complexity index is 1450. The number of likely N-dealkylation sites (tertiary alicyclic amines) is 2. The van der Waals surface area contributed by atoms with Crippen LogP contribution < -0.4 is 10.6 Å². The number of amides is 5. The summed E-state index contributed by atoms with van der Waals surface area (Å²) in [6, 6.07) is 11.5. The Morgan fingerprint density at radius 1 is 0.875 bits per heavy atom. The van der Waals surface area contributed by atoms with Crippen molar-refractivity contribution in [1.82, 2.24) is 29.8 Å². The normalized spacial score (nSPS) is 21.1. The fourth-order valence-electron chi connectivity index (χ4n) is 7.58. The number of piperazine rings is 1. The third-order valence-corrected chi connectivity index (χ3v) is 10.5. The minimum absolute atomic E-state index is 0.0459. The highest BCUT2D eigenvalue weighted by atomic mass is 19.4. The van der Waals surface area contributed by atoms with Crippen molar-refractivity contribution in [2.45, 2.75) is 69.9 Å². The quantitative estimate of drug-likeness (QED) is 0.455. The molecular weight excluding hydrogens is 623 g/mol. The summed E-state index contributed by atoms with van der Waals surface area (Å²) in [7, 11) is 0. The van der Waals surface area contributed by atoms with Gasteiger partial charge in [0.1, 0.15) is 6.04 Å². The maximum absolute atomic E-state index is 14.0. The Balaban J connectivity index is 1.09. The Morgan fingerprint density at radius 3 is 2.25 bits per heavy atom. The van der Waals surface area contributed by atoms with E-state index in [-0.39, 0.29) is 24.4 Å². The summed E-state index contributed by atoms with van der Waals surface area (Å²) in [5, 5.41) is 5.84. The van der Waals surface area contributed by atoms with E-state index in [0.717, 1.165) is 68.9 Å². The SMILES string of the molecule is CCN1CCC(N2CCN(C(=O)C(Cc3cccc(C(F)(F)F)c3)NC(=O)N3CCC(N4Cc5ccccc5NC4=O)CC3)CC2)CC1. The summed E-state index contributed by atoms with van der Waals surface area (Å²) in [6.45, 7) is 9.13. The molecule has 2 aromatic rings. The van der Waals surface area contributed by atoms with Gasteiger partial charge < -0.3 is 30.2 Å². The average molecular weight is 670 g/mol. The third kappa shape index (κ3) is 7.89. The van der Waals surface area contributed by atoms with Crippen LogP contribution in [0.5, 0.6) is 0 Å². The van der Waals surface area contributed by atoms with Crippen molar-refractivity contribution < 1.29 is 27.6 Å². The van der Waals surface area contributed by atoms with Gasteiger partial charge in [-0.25, -0.2) is 9.59 Å². The first-order valence-electron chi connectivity index (χ1n) is 17.2. The van der Waals surface area contributed by atoms with E-state index >= 15 is 0 Å². The number of urea groups is 2. The van der Waals surface area contributed by atoms with Gasteiger partial charge >= 0.3 is 18.2 Å². The third-order valence-electron chi connectivity index (χ3n) is 10.5. The molecule has 1 unspecified atom stereocenters. The molecule has 10 nitrogen and oxygen atoms in total. The van der Waals surface area contributed by atoms with Crippen molar-refractivity contribution in [3.8, 4) is 0 Å². The lowest BCUT2D eigenvalue weighted by Gasteiger charge is -2.43. The van der Waals surface area contributed by atoms with E-state index in [1.807, 2.05) is 29.2 Å². The van der Waals surface area contributed by atoms with E-state index in [1.54, 1.807) is 15.9 Å². The van der Waals surface area contributed by atoms with Crippen molar-refractivity contribution >= 4 is 23.7 Å². The second-order valence-electron chi connectivity index (χ2n) is 13.4. The van der Waals surface area contributed by atoms with Crippen LogP contribution in [0.15, 0.2) is 48.5 Å². The minimum Gasteiger partial charge on any atom is -0.338 e. The fourth-order valence-corrected chi connectivity index (χ4v) is 7.58. The number of nitrogens with one attached hydrogen (secondary N) is 2. The first-order chi connectivity index (χ1) is 23.1. The van der Waals surface area contributed by atoms with Crippen LogP contribution in [0.1, 0.15) is 49.3 Å². The molecule has 6 rings (SSSR count). The number of alkyl halides is 3. The van der Waals surface area contributed by atoms with E-state index in [4.69, 9.17) is 0 Å². The molecule has 0 radical (unpaired) electrons. The van der Waals surface area contributed by atoms with Crippen LogP contribution >= 0.6 is 0 Å². The zero-order valence-electron chi connectivity index (χ0n) is 27.6. The summed E-state index contributed by atoms with van der Waals surface area (Å²) in [5.74, 6) is -0.278. The number of nitrogens with zero attached hydrogens (tertiary/aromatic N) is 5. The van der Waals surface area contributed by atoms with Crippen LogP contribution in [0.25, 0.3) is 0 Å². The lowest BCUT2D eigenvalue weighted by molar-refractivity contribution is -0.137. The van der Waals surface area contributed by atoms with Crippen molar-refractivity contribution in [3.63, 3.8) is 0 Å². The zero-order valence-corrected chi connectivity index (χ0v) is 27.6. The number of carbonyl (C=O) groups is 3. The van der Waals surface area contributed by atoms with Gasteiger partial charge in [-0.05, 0) is 68.6 Å². The monoisotopic (exact) mass is 669 g/mol. The predicted molar refractivity (Wildman–Crippen MR) is 176 cm³/mol. The molecule has 48 heavy (non-hydrogen) atoms. The van der Waals surface area contributed by atoms with E-state index < -0.39 is 23.8 Å². The summed E-state index contributed by atoms with van der Waals surface area (Å²) in [5.41, 5.74) is 1.40. The van der Waals surface area contributed by atoms with Gasteiger partial charge in [-0.3, -0.25) is 9.69 Å². The fraction of sp³-hybridized carbons (Fsp3) is 0.571. The second kappa shape index (κ2) is 14.7. The highest BCUT2D eigenvalue weighted by Gasteiger charge is 2.36. The number of para-hydroxylation sites is 1. The number of hydrogen-bond donors (Lipinski definition) is 2. The van der Waals surface area contributed by atoms with Gasteiger partial charge in [0, 0.05) is 70.0 Å². The first kappa shape index (κ1) is 34.0. The molecular formula is C35H46F3N7O3. The second-order valence-corrected chi connectivity index (χ2v) is 13.4. The molecule has 4 aliphatic heterocycles. The Hall–Kier alpha value is -3.84. The van der Waals surface area contributed by atoms with Crippen molar-refractivity contribution in [2.24, 2.45) is 0 Å². The summed E-state index contributed by atoms with van der Waals surface area (Å²) in [6.07, 6.45) is -1.21. The topological polar surface area (TPSA) is 91.5 Å². The van der Waals surface area contributed by atoms with Gasteiger partial charge in [0.15, 0.2) is 0 Å². The number of halogens is 3. The maximum atomic E-state index is 14.0. The van der Waals surface area contributed by atoms with E-state index in [1.165, 1.54) is 6.07 Å². The smallest absolute Gasteiger partial charge is 0.338 e. The number of carbonyl (C=O) groups excluding carboxylic acids is 3. The van der Waals surface area contributed by atoms with Crippen molar-refractivity contribution in [1.29, 1.82) is 0 Å². The Kier molecular flexibility index (Phi) is 10.4. The van der Waals surface area contributed by atoms with Gasteiger partial charge in [0.2, 0.25) is 5.91 Å². The van der Waals surface area contributed by atoms with Crippen LogP contribution in [0.2, 0.25) is 0 Å². The molecule has 0 bridgehead atoms. The summed E-state index contributed by atoms with van der Waals surface area (Å²) < 4.78 is 40.5. The number of hydrogen-bond acceptors (Lipinski definition) is 5.